The number of hydrogen-bond acceptors (Lipinski definition) is 6. The molecule has 1 aromatic carbocycles. The lowest BCUT2D eigenvalue weighted by atomic mass is 9.70. The lowest BCUT2D eigenvalue weighted by molar-refractivity contribution is -0.155. The number of carbonyl (C=O) groups is 3. The summed E-state index contributed by atoms with van der Waals surface area (Å²) in [6.45, 7) is 9.50. The van der Waals surface area contributed by atoms with E-state index in [9.17, 15) is 19.5 Å². The molecule has 10 heteroatoms. The topological polar surface area (TPSA) is 96.4 Å². The summed E-state index contributed by atoms with van der Waals surface area (Å²) in [5, 5.41) is 10.8. The number of nitrogens with zero attached hydrogens (tertiary/aromatic N) is 2. The number of halogens is 2. The van der Waals surface area contributed by atoms with Crippen LogP contribution in [0.2, 0.25) is 5.02 Å². The number of para-hydroxylation sites is 1. The van der Waals surface area contributed by atoms with E-state index in [1.165, 1.54) is 9.80 Å². The first kappa shape index (κ1) is 28.1. The van der Waals surface area contributed by atoms with Gasteiger partial charge in [0.05, 0.1) is 47.9 Å². The van der Waals surface area contributed by atoms with E-state index in [1.54, 1.807) is 37.3 Å². The summed E-state index contributed by atoms with van der Waals surface area (Å²) >= 11 is 10.1. The molecule has 1 N–H and O–H groups in total. The summed E-state index contributed by atoms with van der Waals surface area (Å²) in [4.78, 5) is 44.5. The van der Waals surface area contributed by atoms with E-state index in [4.69, 9.17) is 21.1 Å². The Bertz CT molecular complexity index is 1070. The second-order valence-corrected chi connectivity index (χ2v) is 11.9. The molecule has 202 valence electrons. The molecule has 1 aromatic rings. The third-order valence-electron chi connectivity index (χ3n) is 7.59. The fourth-order valence-corrected chi connectivity index (χ4v) is 7.50. The van der Waals surface area contributed by atoms with Crippen molar-refractivity contribution in [2.45, 2.75) is 62.2 Å². The number of hydrogen-bond donors (Lipinski definition) is 1. The zero-order chi connectivity index (χ0) is 27.1. The molecular weight excluding hydrogens is 564 g/mol. The third kappa shape index (κ3) is 4.62. The normalized spacial score (nSPS) is 30.9. The number of esters is 1. The Kier molecular flexibility index (Phi) is 8.38. The summed E-state index contributed by atoms with van der Waals surface area (Å²) in [7, 11) is 0. The molecule has 2 amide bonds. The number of anilines is 1. The van der Waals surface area contributed by atoms with E-state index in [-0.39, 0.29) is 36.4 Å². The first-order chi connectivity index (χ1) is 17.6. The molecular formula is C27H34BrClN2O6. The lowest BCUT2D eigenvalue weighted by Gasteiger charge is -2.40. The molecule has 8 nitrogen and oxygen atoms in total. The highest BCUT2D eigenvalue weighted by atomic mass is 79.9. The second kappa shape index (κ2) is 11.0. The number of rotatable bonds is 10. The van der Waals surface area contributed by atoms with Crippen LogP contribution in [0.1, 0.15) is 33.6 Å². The predicted octanol–water partition coefficient (Wildman–Crippen LogP) is 3.58. The average molecular weight is 598 g/mol. The summed E-state index contributed by atoms with van der Waals surface area (Å²) < 4.78 is 11.9. The number of aliphatic hydroxyl groups excluding tert-OH is 1. The van der Waals surface area contributed by atoms with E-state index in [1.807, 2.05) is 13.8 Å². The first-order valence-electron chi connectivity index (χ1n) is 12.7. The Hall–Kier alpha value is -1.94. The quantitative estimate of drug-likeness (QED) is 0.252. The molecule has 0 saturated carbocycles. The van der Waals surface area contributed by atoms with E-state index in [0.717, 1.165) is 0 Å². The van der Waals surface area contributed by atoms with Gasteiger partial charge in [-0.15, -0.1) is 6.58 Å². The highest BCUT2D eigenvalue weighted by molar-refractivity contribution is 9.09. The van der Waals surface area contributed by atoms with Crippen LogP contribution in [0, 0.1) is 17.8 Å². The molecule has 0 aliphatic carbocycles. The highest BCUT2D eigenvalue weighted by Gasteiger charge is 2.77. The maximum Gasteiger partial charge on any atom is 0.312 e. The Morgan fingerprint density at radius 2 is 2.11 bits per heavy atom. The summed E-state index contributed by atoms with van der Waals surface area (Å²) in [5.74, 6) is -2.86. The molecule has 3 aliphatic rings. The third-order valence-corrected chi connectivity index (χ3v) is 8.75. The first-order valence-corrected chi connectivity index (χ1v) is 14.0. The minimum Gasteiger partial charge on any atom is -0.466 e. The second-order valence-electron chi connectivity index (χ2n) is 10.3. The minimum absolute atomic E-state index is 0.147. The number of amides is 2. The molecule has 0 radical (unpaired) electrons. The number of fused-ring (bicyclic) bond motifs is 1. The molecule has 3 fully saturated rings. The van der Waals surface area contributed by atoms with E-state index in [0.29, 0.717) is 23.6 Å². The molecule has 2 bridgehead atoms. The van der Waals surface area contributed by atoms with Gasteiger partial charge in [-0.1, -0.05) is 59.6 Å². The Morgan fingerprint density at radius 1 is 1.41 bits per heavy atom. The van der Waals surface area contributed by atoms with Crippen LogP contribution in [0.25, 0.3) is 0 Å². The molecule has 4 rings (SSSR count). The lowest BCUT2D eigenvalue weighted by Crippen LogP contribution is -2.59. The van der Waals surface area contributed by atoms with E-state index in [2.05, 4.69) is 22.5 Å². The smallest absolute Gasteiger partial charge is 0.312 e. The van der Waals surface area contributed by atoms with Crippen LogP contribution >= 0.6 is 27.5 Å². The van der Waals surface area contributed by atoms with E-state index >= 15 is 0 Å². The molecule has 7 atom stereocenters. The van der Waals surface area contributed by atoms with Gasteiger partial charge in [-0.25, -0.2) is 0 Å². The molecule has 0 aromatic heterocycles. The predicted molar refractivity (Wildman–Crippen MR) is 144 cm³/mol. The van der Waals surface area contributed by atoms with Gasteiger partial charge < -0.3 is 24.4 Å². The summed E-state index contributed by atoms with van der Waals surface area (Å²) in [6.07, 6.45) is 1.84. The van der Waals surface area contributed by atoms with Crippen LogP contribution in [0.5, 0.6) is 0 Å². The molecule has 3 heterocycles. The number of likely N-dealkylation sites (tertiary alicyclic amines) is 1. The maximum atomic E-state index is 14.5. The van der Waals surface area contributed by atoms with Gasteiger partial charge >= 0.3 is 5.97 Å². The minimum atomic E-state index is -1.25. The highest BCUT2D eigenvalue weighted by Crippen LogP contribution is 2.61. The van der Waals surface area contributed by atoms with Crippen LogP contribution in [0.15, 0.2) is 36.9 Å². The van der Waals surface area contributed by atoms with Crippen LogP contribution in [0.3, 0.4) is 0 Å². The number of benzene rings is 1. The van der Waals surface area contributed by atoms with Crippen molar-refractivity contribution in [2.75, 3.05) is 24.7 Å². The van der Waals surface area contributed by atoms with E-state index < -0.39 is 47.5 Å². The molecule has 3 unspecified atom stereocenters. The SMILES string of the molecule is C=CCN(C(=O)C1N([C@@H](CO)CC(C)C)C(=O)[C@@H]2[C@H](C(=O)OCC)[C@H]3OC12CC3Br)c1ccccc1Cl. The van der Waals surface area contributed by atoms with Crippen LogP contribution in [0.4, 0.5) is 5.69 Å². The Labute approximate surface area is 231 Å². The fraction of sp³-hybridized carbons (Fsp3) is 0.593. The van der Waals surface area contributed by atoms with Gasteiger partial charge in [0.2, 0.25) is 5.91 Å². The number of ether oxygens (including phenoxy) is 2. The van der Waals surface area contributed by atoms with Crippen molar-refractivity contribution in [1.82, 2.24) is 4.90 Å². The average Bonchev–Trinajstić information content (AvgIpc) is 3.44. The summed E-state index contributed by atoms with van der Waals surface area (Å²) in [5.41, 5.74) is -0.772. The number of alkyl halides is 1. The number of aliphatic hydroxyl groups is 1. The van der Waals surface area contributed by atoms with Gasteiger partial charge in [0.1, 0.15) is 11.6 Å². The molecule has 3 saturated heterocycles. The van der Waals surface area contributed by atoms with Gasteiger partial charge in [-0.3, -0.25) is 14.4 Å². The van der Waals surface area contributed by atoms with Gasteiger partial charge in [-0.2, -0.15) is 0 Å². The Morgan fingerprint density at radius 3 is 2.70 bits per heavy atom. The Balaban J connectivity index is 1.86. The van der Waals surface area contributed by atoms with Crippen molar-refractivity contribution in [3.63, 3.8) is 0 Å². The van der Waals surface area contributed by atoms with Crippen molar-refractivity contribution >= 4 is 51.0 Å². The zero-order valence-corrected chi connectivity index (χ0v) is 23.7. The molecule has 3 aliphatic heterocycles. The summed E-state index contributed by atoms with van der Waals surface area (Å²) in [6, 6.07) is 5.28. The van der Waals surface area contributed by atoms with Crippen molar-refractivity contribution in [1.29, 1.82) is 0 Å². The maximum absolute atomic E-state index is 14.5. The van der Waals surface area contributed by atoms with Crippen molar-refractivity contribution in [3.05, 3.63) is 41.9 Å². The van der Waals surface area contributed by atoms with Crippen LogP contribution < -0.4 is 4.90 Å². The van der Waals surface area contributed by atoms with Gasteiger partial charge in [0, 0.05) is 11.4 Å². The molecule has 1 spiro atoms. The van der Waals surface area contributed by atoms with Crippen molar-refractivity contribution in [3.8, 4) is 0 Å². The van der Waals surface area contributed by atoms with Gasteiger partial charge in [0.15, 0.2) is 0 Å². The van der Waals surface area contributed by atoms with Crippen LogP contribution in [-0.2, 0) is 23.9 Å². The fourth-order valence-electron chi connectivity index (χ4n) is 6.32. The van der Waals surface area contributed by atoms with Crippen LogP contribution in [-0.4, -0.2) is 76.2 Å². The van der Waals surface area contributed by atoms with Gasteiger partial charge in [-0.05, 0) is 37.8 Å². The standard InChI is InChI=1S/C27H34BrClN2O6/c1-5-11-30(19-10-8-7-9-18(19)29)25(34)23-27-13-17(28)22(37-27)20(26(35)36-6-2)21(27)24(33)31(23)16(14-32)12-15(3)4/h5,7-10,15-17,20-23,32H,1,6,11-14H2,2-4H3/t16-,17?,20+,21+,22+,23?,27?/m1/s1. The monoisotopic (exact) mass is 596 g/mol. The largest absolute Gasteiger partial charge is 0.466 e. The van der Waals surface area contributed by atoms with Crippen molar-refractivity contribution in [2.24, 2.45) is 17.8 Å². The van der Waals surface area contributed by atoms with Gasteiger partial charge in [0.25, 0.3) is 5.91 Å². The number of carbonyl (C=O) groups excluding carboxylic acids is 3. The zero-order valence-electron chi connectivity index (χ0n) is 21.3. The van der Waals surface area contributed by atoms with Crippen molar-refractivity contribution < 1.29 is 29.0 Å². The molecule has 37 heavy (non-hydrogen) atoms.